The normalized spacial score (nSPS) is 12.3. The highest BCUT2D eigenvalue weighted by atomic mass is 32.2. The Morgan fingerprint density at radius 1 is 0.792 bits per heavy atom. The highest BCUT2D eigenvalue weighted by Gasteiger charge is 2.31. The smallest absolute Gasteiger partial charge is 0.249 e. The van der Waals surface area contributed by atoms with Crippen LogP contribution in [0.2, 0.25) is 0 Å². The first-order valence-electron chi connectivity index (χ1n) is 15.9. The molecule has 48 heavy (non-hydrogen) atoms. The summed E-state index contributed by atoms with van der Waals surface area (Å²) in [4.78, 5) is 37.4. The zero-order valence-electron chi connectivity index (χ0n) is 26.5. The maximum absolute atomic E-state index is 14.5. The number of nitrogens with two attached hydrogens (primary N) is 1. The van der Waals surface area contributed by atoms with Crippen LogP contribution in [0.3, 0.4) is 0 Å². The molecular weight excluding hydrogens is 623 g/mol. The summed E-state index contributed by atoms with van der Waals surface area (Å²) in [6, 6.07) is 33.4. The minimum absolute atomic E-state index is 0.0539. The van der Waals surface area contributed by atoms with Gasteiger partial charge in [-0.15, -0.1) is 0 Å². The molecule has 244 valence electrons. The number of anilines is 1. The molecule has 0 radical (unpaired) electrons. The summed E-state index contributed by atoms with van der Waals surface area (Å²) >= 11 is 0. The second-order valence-electron chi connectivity index (χ2n) is 11.8. The largest absolute Gasteiger partial charge is 0.348 e. The van der Waals surface area contributed by atoms with Crippen molar-refractivity contribution in [2.75, 3.05) is 11.4 Å². The van der Waals surface area contributed by atoms with Crippen molar-refractivity contribution in [3.63, 3.8) is 0 Å². The van der Waals surface area contributed by atoms with Crippen LogP contribution in [0.1, 0.15) is 23.7 Å². The van der Waals surface area contributed by atoms with Crippen LogP contribution in [-0.4, -0.2) is 42.8 Å². The molecule has 9 nitrogen and oxygen atoms in total. The van der Waals surface area contributed by atoms with Gasteiger partial charge < -0.3 is 15.2 Å². The first-order valence-corrected chi connectivity index (χ1v) is 17.4. The monoisotopic (exact) mass is 659 g/mol. The highest BCUT2D eigenvalue weighted by molar-refractivity contribution is 7.89. The van der Waals surface area contributed by atoms with E-state index in [0.717, 1.165) is 32.7 Å². The van der Waals surface area contributed by atoms with E-state index in [4.69, 9.17) is 5.14 Å². The molecule has 2 amide bonds. The molecule has 1 aromatic heterocycles. The van der Waals surface area contributed by atoms with Gasteiger partial charge >= 0.3 is 0 Å². The van der Waals surface area contributed by atoms with Crippen LogP contribution in [0.5, 0.6) is 0 Å². The predicted molar refractivity (Wildman–Crippen MR) is 189 cm³/mol. The number of carbonyl (C=O) groups is 2. The molecule has 4 N–H and O–H groups in total. The fourth-order valence-corrected chi connectivity index (χ4v) is 6.82. The molecule has 0 bridgehead atoms. The van der Waals surface area contributed by atoms with Crippen molar-refractivity contribution >= 4 is 49.1 Å². The van der Waals surface area contributed by atoms with E-state index in [1.54, 1.807) is 18.3 Å². The molecule has 1 atom stereocenters. The number of rotatable bonds is 12. The van der Waals surface area contributed by atoms with Gasteiger partial charge in [-0.2, -0.15) is 0 Å². The number of H-pyrrole nitrogens is 1. The molecule has 0 aliphatic heterocycles. The Hall–Kier alpha value is -5.32. The average Bonchev–Trinajstić information content (AvgIpc) is 3.61. The summed E-state index contributed by atoms with van der Waals surface area (Å²) in [7, 11) is -3.90. The third-order valence-corrected chi connectivity index (χ3v) is 9.65. The lowest BCUT2D eigenvalue weighted by Gasteiger charge is -2.28. The van der Waals surface area contributed by atoms with Crippen molar-refractivity contribution in [2.45, 2.75) is 37.1 Å². The van der Waals surface area contributed by atoms with Gasteiger partial charge in [0.15, 0.2) is 0 Å². The fraction of sp³-hybridized carbons (Fsp3) is 0.184. The third kappa shape index (κ3) is 7.30. The minimum atomic E-state index is -3.90. The van der Waals surface area contributed by atoms with Gasteiger partial charge in [0.1, 0.15) is 6.04 Å². The van der Waals surface area contributed by atoms with Crippen LogP contribution in [0, 0.1) is 5.92 Å². The molecule has 0 saturated carbocycles. The molecular formula is C38H37N5O4S. The number of benzene rings is 5. The van der Waals surface area contributed by atoms with Crippen LogP contribution in [0.15, 0.2) is 127 Å². The molecule has 10 heteroatoms. The Balaban J connectivity index is 1.34. The summed E-state index contributed by atoms with van der Waals surface area (Å²) in [5.41, 5.74) is 3.28. The Morgan fingerprint density at radius 2 is 1.35 bits per heavy atom. The molecule has 1 heterocycles. The van der Waals surface area contributed by atoms with Gasteiger partial charge in [0.25, 0.3) is 0 Å². The van der Waals surface area contributed by atoms with E-state index in [0.29, 0.717) is 30.8 Å². The first kappa shape index (κ1) is 32.6. The second-order valence-corrected chi connectivity index (χ2v) is 13.4. The number of hydrogen-bond donors (Lipinski definition) is 3. The van der Waals surface area contributed by atoms with E-state index in [1.807, 2.05) is 43.3 Å². The Bertz CT molecular complexity index is 2070. The number of sulfonamides is 1. The van der Waals surface area contributed by atoms with Crippen molar-refractivity contribution in [3.8, 4) is 0 Å². The summed E-state index contributed by atoms with van der Waals surface area (Å²) in [5, 5.41) is 12.8. The number of aromatic nitrogens is 2. The van der Waals surface area contributed by atoms with Crippen LogP contribution in [0.25, 0.3) is 21.5 Å². The van der Waals surface area contributed by atoms with Gasteiger partial charge in [-0.1, -0.05) is 84.9 Å². The number of carbonyl (C=O) groups excluding carboxylic acids is 2. The van der Waals surface area contributed by atoms with Crippen molar-refractivity contribution in [1.29, 1.82) is 0 Å². The van der Waals surface area contributed by atoms with Crippen molar-refractivity contribution in [2.24, 2.45) is 11.1 Å². The third-order valence-electron chi connectivity index (χ3n) is 8.72. The van der Waals surface area contributed by atoms with Crippen LogP contribution in [-0.2, 0) is 38.9 Å². The number of nitrogens with zero attached hydrogens (tertiary/aromatic N) is 2. The van der Waals surface area contributed by atoms with Crippen LogP contribution < -0.4 is 15.4 Å². The number of amides is 2. The van der Waals surface area contributed by atoms with E-state index in [2.05, 4.69) is 63.8 Å². The number of nitrogens with one attached hydrogen (secondary N) is 2. The molecule has 0 fully saturated rings. The van der Waals surface area contributed by atoms with Gasteiger partial charge in [0.05, 0.1) is 11.2 Å². The van der Waals surface area contributed by atoms with E-state index in [1.165, 1.54) is 23.4 Å². The van der Waals surface area contributed by atoms with Crippen molar-refractivity contribution in [3.05, 3.63) is 139 Å². The molecule has 5 aromatic carbocycles. The lowest BCUT2D eigenvalue weighted by Crippen LogP contribution is -2.51. The van der Waals surface area contributed by atoms with Gasteiger partial charge in [-0.05, 0) is 76.7 Å². The Labute approximate surface area is 279 Å². The zero-order valence-corrected chi connectivity index (χ0v) is 27.4. The number of primary sulfonamides is 1. The van der Waals surface area contributed by atoms with E-state index < -0.39 is 22.0 Å². The molecule has 6 rings (SSSR count). The summed E-state index contributed by atoms with van der Waals surface area (Å²) in [6.07, 6.45) is 4.28. The Morgan fingerprint density at radius 3 is 1.88 bits per heavy atom. The number of likely N-dealkylation sites (N-methyl/N-ethyl adjacent to an activating group) is 1. The molecule has 0 aliphatic rings. The zero-order chi connectivity index (χ0) is 33.7. The van der Waals surface area contributed by atoms with Crippen molar-refractivity contribution < 1.29 is 18.0 Å². The van der Waals surface area contributed by atoms with Gasteiger partial charge in [-0.3, -0.25) is 9.59 Å². The number of fused-ring (bicyclic) bond motifs is 2. The average molecular weight is 660 g/mol. The Kier molecular flexibility index (Phi) is 9.65. The lowest BCUT2D eigenvalue weighted by atomic mass is 9.87. The molecule has 1 unspecified atom stereocenters. The first-order chi connectivity index (χ1) is 23.2. The van der Waals surface area contributed by atoms with Gasteiger partial charge in [-0.25, -0.2) is 18.5 Å². The SMILES string of the molecule is CCN(C(=O)C(Cc1cnc[nH]1)NC(=O)C(Cc1cccc2ccccc12)Cc1cccc2ccccc12)c1ccc(S(N)(=O)=O)cc1. The number of hydrogen-bond acceptors (Lipinski definition) is 5. The second kappa shape index (κ2) is 14.2. The summed E-state index contributed by atoms with van der Waals surface area (Å²) < 4.78 is 23.7. The van der Waals surface area contributed by atoms with E-state index in [-0.39, 0.29) is 23.1 Å². The quantitative estimate of drug-likeness (QED) is 0.158. The summed E-state index contributed by atoms with van der Waals surface area (Å²) in [5.74, 6) is -1.07. The topological polar surface area (TPSA) is 138 Å². The van der Waals surface area contributed by atoms with Crippen molar-refractivity contribution in [1.82, 2.24) is 15.3 Å². The molecule has 0 aliphatic carbocycles. The fourth-order valence-electron chi connectivity index (χ4n) is 6.30. The van der Waals surface area contributed by atoms with E-state index in [9.17, 15) is 18.0 Å². The molecule has 0 saturated heterocycles. The molecule has 6 aromatic rings. The lowest BCUT2D eigenvalue weighted by molar-refractivity contribution is -0.130. The standard InChI is InChI=1S/C38H37N5O4S/c1-2-43(32-17-19-33(20-18-32)48(39,46)47)38(45)36(23-31-24-40-25-41-31)42-37(44)30(21-28-13-7-11-26-9-3-5-15-34(26)28)22-29-14-8-12-27-10-4-6-16-35(27)29/h3-20,24-25,30,36H,2,21-23H2,1H3,(H,40,41)(H,42,44)(H2,39,46,47). The highest BCUT2D eigenvalue weighted by Crippen LogP contribution is 2.27. The predicted octanol–water partition coefficient (Wildman–Crippen LogP) is 5.55. The van der Waals surface area contributed by atoms with E-state index >= 15 is 0 Å². The molecule has 0 spiro atoms. The minimum Gasteiger partial charge on any atom is -0.348 e. The maximum atomic E-state index is 14.5. The summed E-state index contributed by atoms with van der Waals surface area (Å²) in [6.45, 7) is 2.11. The number of imidazole rings is 1. The van der Waals surface area contributed by atoms with Gasteiger partial charge in [0.2, 0.25) is 21.8 Å². The van der Waals surface area contributed by atoms with Crippen LogP contribution in [0.4, 0.5) is 5.69 Å². The maximum Gasteiger partial charge on any atom is 0.249 e. The van der Waals surface area contributed by atoms with Crippen LogP contribution >= 0.6 is 0 Å². The van der Waals surface area contributed by atoms with Gasteiger partial charge in [0, 0.05) is 36.5 Å². The number of aromatic amines is 1.